The van der Waals surface area contributed by atoms with Crippen LogP contribution in [0.3, 0.4) is 0 Å². The van der Waals surface area contributed by atoms with Gasteiger partial charge in [0.05, 0.1) is 0 Å². The van der Waals surface area contributed by atoms with Gasteiger partial charge in [-0.25, -0.2) is 4.79 Å². The number of rotatable bonds is 3. The first-order chi connectivity index (χ1) is 14.9. The normalized spacial score (nSPS) is 23.2. The average molecular weight is 417 g/mol. The molecule has 158 valence electrons. The van der Waals surface area contributed by atoms with E-state index in [0.717, 1.165) is 34.4 Å². The minimum absolute atomic E-state index is 0.00933. The molecule has 0 spiro atoms. The number of amides is 4. The number of urea groups is 1. The summed E-state index contributed by atoms with van der Waals surface area (Å²) in [5.74, 6) is -0.432. The zero-order valence-corrected chi connectivity index (χ0v) is 17.4. The maximum atomic E-state index is 13.3. The van der Waals surface area contributed by atoms with Crippen molar-refractivity contribution in [2.24, 2.45) is 0 Å². The van der Waals surface area contributed by atoms with Gasteiger partial charge >= 0.3 is 6.03 Å². The molecule has 2 aromatic carbocycles. The third-order valence-electron chi connectivity index (χ3n) is 6.28. The molecule has 0 bridgehead atoms. The molecule has 2 aliphatic rings. The summed E-state index contributed by atoms with van der Waals surface area (Å²) in [5, 5.41) is 3.56. The second-order valence-electron chi connectivity index (χ2n) is 8.38. The molecule has 0 radical (unpaired) electrons. The summed E-state index contributed by atoms with van der Waals surface area (Å²) >= 11 is 0. The molecule has 1 N–H and O–H groups in total. The van der Waals surface area contributed by atoms with Gasteiger partial charge in [-0.2, -0.15) is 0 Å². The molecular formula is C24H23N3O4. The molecule has 31 heavy (non-hydrogen) atoms. The highest BCUT2D eigenvalue weighted by Crippen LogP contribution is 2.34. The SMILES string of the molecule is CC1CCc2ccccc2N1C(=O)CN1C(=O)NC(C)(c2cc3ccccc3o2)C1=O. The third kappa shape index (κ3) is 3.00. The minimum Gasteiger partial charge on any atom is -0.458 e. The second-order valence-corrected chi connectivity index (χ2v) is 8.38. The first kappa shape index (κ1) is 19.4. The quantitative estimate of drug-likeness (QED) is 0.661. The Morgan fingerprint density at radius 1 is 1.16 bits per heavy atom. The van der Waals surface area contributed by atoms with Crippen molar-refractivity contribution in [2.75, 3.05) is 11.4 Å². The van der Waals surface area contributed by atoms with Gasteiger partial charge in [-0.15, -0.1) is 0 Å². The third-order valence-corrected chi connectivity index (χ3v) is 6.28. The fourth-order valence-electron chi connectivity index (χ4n) is 4.52. The van der Waals surface area contributed by atoms with Crippen LogP contribution in [0.2, 0.25) is 0 Å². The predicted octanol–water partition coefficient (Wildman–Crippen LogP) is 3.57. The summed E-state index contributed by atoms with van der Waals surface area (Å²) in [4.78, 5) is 41.9. The van der Waals surface area contributed by atoms with E-state index in [1.807, 2.05) is 49.4 Å². The van der Waals surface area contributed by atoms with Crippen LogP contribution in [0.25, 0.3) is 11.0 Å². The van der Waals surface area contributed by atoms with E-state index in [9.17, 15) is 14.4 Å². The lowest BCUT2D eigenvalue weighted by molar-refractivity contribution is -0.134. The maximum absolute atomic E-state index is 13.3. The van der Waals surface area contributed by atoms with Crippen molar-refractivity contribution >= 4 is 34.5 Å². The molecule has 2 aliphatic heterocycles. The van der Waals surface area contributed by atoms with Crippen LogP contribution in [-0.4, -0.2) is 35.3 Å². The van der Waals surface area contributed by atoms with Crippen molar-refractivity contribution in [3.63, 3.8) is 0 Å². The standard InChI is InChI=1S/C24H23N3O4/c1-15-11-12-16-7-3-5-9-18(16)27(15)21(28)14-26-22(29)24(2,25-23(26)30)20-13-17-8-4-6-10-19(17)31-20/h3-10,13,15H,11-12,14H2,1-2H3,(H,25,30). The summed E-state index contributed by atoms with van der Waals surface area (Å²) in [6.45, 7) is 3.27. The number of aryl methyl sites for hydroxylation is 1. The van der Waals surface area contributed by atoms with Gasteiger partial charge in [-0.3, -0.25) is 14.5 Å². The molecule has 7 nitrogen and oxygen atoms in total. The smallest absolute Gasteiger partial charge is 0.325 e. The molecule has 1 fully saturated rings. The second kappa shape index (κ2) is 6.97. The van der Waals surface area contributed by atoms with Crippen LogP contribution in [0.5, 0.6) is 0 Å². The number of benzene rings is 2. The number of nitrogens with one attached hydrogen (secondary N) is 1. The van der Waals surface area contributed by atoms with Gasteiger partial charge in [0.1, 0.15) is 17.9 Å². The summed E-state index contributed by atoms with van der Waals surface area (Å²) in [5.41, 5.74) is 1.22. The first-order valence-electron chi connectivity index (χ1n) is 10.4. The molecule has 7 heteroatoms. The predicted molar refractivity (Wildman–Crippen MR) is 116 cm³/mol. The molecule has 5 rings (SSSR count). The van der Waals surface area contributed by atoms with Gasteiger partial charge in [0, 0.05) is 17.1 Å². The molecule has 0 saturated carbocycles. The van der Waals surface area contributed by atoms with E-state index in [0.29, 0.717) is 11.3 Å². The van der Waals surface area contributed by atoms with Crippen molar-refractivity contribution in [2.45, 2.75) is 38.3 Å². The summed E-state index contributed by atoms with van der Waals surface area (Å²) in [6, 6.07) is 16.3. The van der Waals surface area contributed by atoms with Gasteiger partial charge in [0.2, 0.25) is 5.91 Å². The summed E-state index contributed by atoms with van der Waals surface area (Å²) in [7, 11) is 0. The van der Waals surface area contributed by atoms with E-state index in [2.05, 4.69) is 5.32 Å². The van der Waals surface area contributed by atoms with E-state index < -0.39 is 17.5 Å². The lowest BCUT2D eigenvalue weighted by atomic mass is 9.96. The first-order valence-corrected chi connectivity index (χ1v) is 10.4. The zero-order chi connectivity index (χ0) is 21.8. The Morgan fingerprint density at radius 2 is 1.90 bits per heavy atom. The van der Waals surface area contributed by atoms with Gasteiger partial charge < -0.3 is 14.6 Å². The fourth-order valence-corrected chi connectivity index (χ4v) is 4.52. The van der Waals surface area contributed by atoms with E-state index in [-0.39, 0.29) is 18.5 Å². The molecule has 0 aliphatic carbocycles. The average Bonchev–Trinajstić information content (AvgIpc) is 3.29. The number of carbonyl (C=O) groups is 3. The number of nitrogens with zero attached hydrogens (tertiary/aromatic N) is 2. The molecule has 2 unspecified atom stereocenters. The lowest BCUT2D eigenvalue weighted by Crippen LogP contribution is -2.49. The van der Waals surface area contributed by atoms with Crippen molar-refractivity contribution < 1.29 is 18.8 Å². The monoisotopic (exact) mass is 417 g/mol. The Hall–Kier alpha value is -3.61. The van der Waals surface area contributed by atoms with Crippen LogP contribution in [0, 0.1) is 0 Å². The van der Waals surface area contributed by atoms with E-state index in [1.165, 1.54) is 0 Å². The Bertz CT molecular complexity index is 1180. The number of hydrogen-bond donors (Lipinski definition) is 1. The van der Waals surface area contributed by atoms with Gasteiger partial charge in [0.25, 0.3) is 5.91 Å². The Labute approximate surface area is 179 Å². The zero-order valence-electron chi connectivity index (χ0n) is 17.4. The largest absolute Gasteiger partial charge is 0.458 e. The molecule has 1 aromatic heterocycles. The minimum atomic E-state index is -1.36. The van der Waals surface area contributed by atoms with Crippen LogP contribution in [0.15, 0.2) is 59.0 Å². The molecule has 2 atom stereocenters. The van der Waals surface area contributed by atoms with E-state index in [1.54, 1.807) is 24.0 Å². The number of para-hydroxylation sites is 2. The highest BCUT2D eigenvalue weighted by molar-refractivity contribution is 6.10. The molecule has 3 heterocycles. The number of imide groups is 1. The van der Waals surface area contributed by atoms with Crippen LogP contribution in [0.4, 0.5) is 10.5 Å². The van der Waals surface area contributed by atoms with Crippen molar-refractivity contribution in [1.29, 1.82) is 0 Å². The number of hydrogen-bond acceptors (Lipinski definition) is 4. The Balaban J connectivity index is 1.42. The molecule has 3 aromatic rings. The maximum Gasteiger partial charge on any atom is 0.325 e. The van der Waals surface area contributed by atoms with Gasteiger partial charge in [0.15, 0.2) is 5.54 Å². The van der Waals surface area contributed by atoms with Crippen LogP contribution >= 0.6 is 0 Å². The van der Waals surface area contributed by atoms with Crippen LogP contribution in [0.1, 0.15) is 31.6 Å². The number of fused-ring (bicyclic) bond motifs is 2. The fraction of sp³-hybridized carbons (Fsp3) is 0.292. The number of carbonyl (C=O) groups excluding carboxylic acids is 3. The van der Waals surface area contributed by atoms with Crippen molar-refractivity contribution in [1.82, 2.24) is 10.2 Å². The lowest BCUT2D eigenvalue weighted by Gasteiger charge is -2.36. The van der Waals surface area contributed by atoms with E-state index in [4.69, 9.17) is 4.42 Å². The Morgan fingerprint density at radius 3 is 2.71 bits per heavy atom. The summed E-state index contributed by atoms with van der Waals surface area (Å²) in [6.07, 6.45) is 1.73. The number of anilines is 1. The highest BCUT2D eigenvalue weighted by Gasteiger charge is 2.52. The molecule has 4 amide bonds. The molecule has 1 saturated heterocycles. The van der Waals surface area contributed by atoms with Gasteiger partial charge in [-0.05, 0) is 50.5 Å². The van der Waals surface area contributed by atoms with Crippen molar-refractivity contribution in [3.8, 4) is 0 Å². The van der Waals surface area contributed by atoms with Crippen LogP contribution < -0.4 is 10.2 Å². The molecular weight excluding hydrogens is 394 g/mol. The summed E-state index contributed by atoms with van der Waals surface area (Å²) < 4.78 is 5.85. The van der Waals surface area contributed by atoms with Crippen molar-refractivity contribution in [3.05, 3.63) is 65.9 Å². The highest BCUT2D eigenvalue weighted by atomic mass is 16.3. The number of furan rings is 1. The van der Waals surface area contributed by atoms with E-state index >= 15 is 0 Å². The topological polar surface area (TPSA) is 82.9 Å². The van der Waals surface area contributed by atoms with Crippen LogP contribution in [-0.2, 0) is 21.5 Å². The van der Waals surface area contributed by atoms with Gasteiger partial charge in [-0.1, -0.05) is 36.4 Å². The Kier molecular flexibility index (Phi) is 4.36.